The van der Waals surface area contributed by atoms with Crippen LogP contribution in [0.1, 0.15) is 146 Å². The minimum Gasteiger partial charge on any atom is -0.399 e. The zero-order valence-corrected chi connectivity index (χ0v) is 43.8. The molecule has 69 heavy (non-hydrogen) atoms. The summed E-state index contributed by atoms with van der Waals surface area (Å²) in [5, 5.41) is 4.91. The van der Waals surface area contributed by atoms with Crippen molar-refractivity contribution in [3.05, 3.63) is 84.9 Å². The van der Waals surface area contributed by atoms with Crippen molar-refractivity contribution in [2.24, 2.45) is 0 Å². The van der Waals surface area contributed by atoms with Crippen molar-refractivity contribution in [3.8, 4) is 22.3 Å². The van der Waals surface area contributed by atoms with Gasteiger partial charge in [0.15, 0.2) is 0 Å². The minimum absolute atomic E-state index is 0.415. The Balaban J connectivity index is 1.03. The van der Waals surface area contributed by atoms with Crippen molar-refractivity contribution in [3.63, 3.8) is 0 Å². The second-order valence-electron chi connectivity index (χ2n) is 22.2. The van der Waals surface area contributed by atoms with Gasteiger partial charge in [-0.1, -0.05) is 127 Å². The largest absolute Gasteiger partial charge is 0.494 e. The van der Waals surface area contributed by atoms with E-state index in [1.165, 1.54) is 120 Å². The number of unbranched alkanes of at least 4 members (excludes halogenated alkanes) is 10. The van der Waals surface area contributed by atoms with Gasteiger partial charge in [-0.25, -0.2) is 0 Å². The highest BCUT2D eigenvalue weighted by Crippen LogP contribution is 2.42. The first kappa shape index (κ1) is 48.1. The number of hydrogen-bond acceptors (Lipinski definition) is 7. The van der Waals surface area contributed by atoms with E-state index >= 15 is 0 Å². The fraction of sp³-hybridized carbons (Fsp3) is 0.483. The van der Waals surface area contributed by atoms with Crippen molar-refractivity contribution >= 4 is 91.5 Å². The number of aryl methyl sites for hydroxylation is 2. The van der Waals surface area contributed by atoms with Crippen LogP contribution in [-0.2, 0) is 31.7 Å². The highest BCUT2D eigenvalue weighted by molar-refractivity contribution is 7.00. The van der Waals surface area contributed by atoms with Gasteiger partial charge in [-0.3, -0.25) is 0 Å². The molecule has 5 heterocycles. The van der Waals surface area contributed by atoms with Gasteiger partial charge in [0.25, 0.3) is 0 Å². The number of aromatic nitrogens is 4. The van der Waals surface area contributed by atoms with Crippen LogP contribution in [0.2, 0.25) is 0 Å². The van der Waals surface area contributed by atoms with Gasteiger partial charge in [-0.15, -0.1) is 0 Å². The Hall–Kier alpha value is -4.51. The number of rotatable bonds is 18. The number of hydrogen-bond donors (Lipinski definition) is 0. The summed E-state index contributed by atoms with van der Waals surface area (Å²) in [6.07, 6.45) is 15.1. The van der Waals surface area contributed by atoms with Crippen LogP contribution in [0.4, 0.5) is 0 Å². The molecule has 2 saturated heterocycles. The third kappa shape index (κ3) is 8.87. The van der Waals surface area contributed by atoms with Crippen molar-refractivity contribution in [1.29, 1.82) is 0 Å². The normalized spacial score (nSPS) is 17.5. The molecule has 0 amide bonds. The molecule has 0 N–H and O–H groups in total. The van der Waals surface area contributed by atoms with E-state index in [1.807, 2.05) is 0 Å². The SMILES string of the molecule is CCCCCCCCn1c2ccc(B3OC(C)(C)C(C)(C)O3)cc2c2cc(-c3ccc(-c4ccc5c(c4)c4cc(B6OC(C)(C)C(C)(C)O6)ccc4n5CCCCCCCC)c4nsnc34)ccc21. The van der Waals surface area contributed by atoms with E-state index in [4.69, 9.17) is 27.4 Å². The maximum Gasteiger partial charge on any atom is 0.494 e. The molecule has 11 heteroatoms. The van der Waals surface area contributed by atoms with Crippen LogP contribution in [-0.4, -0.2) is 54.5 Å². The molecule has 0 saturated carbocycles. The zero-order chi connectivity index (χ0) is 48.3. The third-order valence-electron chi connectivity index (χ3n) is 16.3. The van der Waals surface area contributed by atoms with Gasteiger partial charge in [-0.05, 0) is 127 Å². The molecule has 2 fully saturated rings. The lowest BCUT2D eigenvalue weighted by Gasteiger charge is -2.32. The monoisotopic (exact) mass is 943 g/mol. The summed E-state index contributed by atoms with van der Waals surface area (Å²) in [5.74, 6) is 0. The quantitative estimate of drug-likeness (QED) is 0.0630. The summed E-state index contributed by atoms with van der Waals surface area (Å²) in [6, 6.07) is 32.1. The highest BCUT2D eigenvalue weighted by atomic mass is 32.1. The van der Waals surface area contributed by atoms with E-state index < -0.39 is 36.6 Å². The van der Waals surface area contributed by atoms with Crippen LogP contribution < -0.4 is 10.9 Å². The van der Waals surface area contributed by atoms with Gasteiger partial charge in [0.05, 0.1) is 34.1 Å². The third-order valence-corrected chi connectivity index (χ3v) is 16.9. The van der Waals surface area contributed by atoms with E-state index in [9.17, 15) is 0 Å². The molecular weight excluding hydrogens is 870 g/mol. The molecule has 3 aromatic heterocycles. The number of fused-ring (bicyclic) bond motifs is 7. The van der Waals surface area contributed by atoms with E-state index in [-0.39, 0.29) is 0 Å². The van der Waals surface area contributed by atoms with E-state index in [1.54, 1.807) is 0 Å². The first-order valence-corrected chi connectivity index (χ1v) is 26.9. The van der Waals surface area contributed by atoms with E-state index in [0.29, 0.717) is 0 Å². The molecule has 360 valence electrons. The first-order chi connectivity index (χ1) is 33.1. The van der Waals surface area contributed by atoms with Crippen molar-refractivity contribution < 1.29 is 18.6 Å². The summed E-state index contributed by atoms with van der Waals surface area (Å²) in [4.78, 5) is 0. The highest BCUT2D eigenvalue weighted by Gasteiger charge is 2.53. The van der Waals surface area contributed by atoms with Gasteiger partial charge < -0.3 is 27.8 Å². The van der Waals surface area contributed by atoms with Gasteiger partial charge >= 0.3 is 14.2 Å². The Labute approximate surface area is 415 Å². The Morgan fingerprint density at radius 3 is 1.13 bits per heavy atom. The van der Waals surface area contributed by atoms with Gasteiger partial charge in [0, 0.05) is 67.8 Å². The van der Waals surface area contributed by atoms with E-state index in [2.05, 4.69) is 163 Å². The fourth-order valence-corrected chi connectivity index (χ4v) is 11.3. The molecule has 2 aliphatic heterocycles. The Morgan fingerprint density at radius 1 is 0.420 bits per heavy atom. The predicted octanol–water partition coefficient (Wildman–Crippen LogP) is 14.6. The molecule has 8 aromatic rings. The molecule has 0 radical (unpaired) electrons. The molecule has 5 aromatic carbocycles. The van der Waals surface area contributed by atoms with Crippen LogP contribution >= 0.6 is 11.7 Å². The van der Waals surface area contributed by atoms with Crippen LogP contribution in [0.5, 0.6) is 0 Å². The lowest BCUT2D eigenvalue weighted by Crippen LogP contribution is -2.41. The minimum atomic E-state index is -0.430. The smallest absolute Gasteiger partial charge is 0.399 e. The van der Waals surface area contributed by atoms with Crippen molar-refractivity contribution in [2.45, 2.75) is 182 Å². The molecule has 0 spiro atoms. The first-order valence-electron chi connectivity index (χ1n) is 26.2. The van der Waals surface area contributed by atoms with Gasteiger partial charge in [-0.2, -0.15) is 8.75 Å². The fourth-order valence-electron chi connectivity index (χ4n) is 10.7. The summed E-state index contributed by atoms with van der Waals surface area (Å²) in [6.45, 7) is 23.5. The van der Waals surface area contributed by atoms with Crippen LogP contribution in [0, 0.1) is 0 Å². The molecule has 8 nitrogen and oxygen atoms in total. The van der Waals surface area contributed by atoms with Gasteiger partial charge in [0.2, 0.25) is 0 Å². The number of benzene rings is 5. The van der Waals surface area contributed by atoms with Crippen LogP contribution in [0.15, 0.2) is 84.9 Å². The molecule has 0 atom stereocenters. The maximum atomic E-state index is 6.57. The maximum absolute atomic E-state index is 6.57. The summed E-state index contributed by atoms with van der Waals surface area (Å²) >= 11 is 1.29. The average Bonchev–Trinajstić information content (AvgIpc) is 4.11. The van der Waals surface area contributed by atoms with Crippen LogP contribution in [0.25, 0.3) is 76.9 Å². The summed E-state index contributed by atoms with van der Waals surface area (Å²) in [5.41, 5.74) is 11.7. The second kappa shape index (κ2) is 18.9. The average molecular weight is 943 g/mol. The van der Waals surface area contributed by atoms with Crippen LogP contribution in [0.3, 0.4) is 0 Å². The lowest BCUT2D eigenvalue weighted by atomic mass is 9.78. The summed E-state index contributed by atoms with van der Waals surface area (Å²) in [7, 11) is -0.859. The molecule has 2 aliphatic rings. The predicted molar refractivity (Wildman–Crippen MR) is 292 cm³/mol. The Kier molecular flexibility index (Phi) is 13.2. The molecular formula is C58H72B2N4O4S. The Morgan fingerprint density at radius 2 is 0.754 bits per heavy atom. The standard InChI is InChI=1S/C58H72B2N4O4S/c1-11-13-15-17-19-21-33-63-49-29-23-39(35-45(49)47-37-41(25-31-51(47)63)59-65-55(3,4)56(5,6)66-59)43-27-28-44(54-53(43)61-69-62-54)40-24-30-50-46(36-40)48-38-42(60-67-57(7,8)58(9,10)68-60)26-32-52(48)64(50)34-22-20-18-16-14-12-2/h23-32,35-38H,11-22,33-34H2,1-10H3. The van der Waals surface area contributed by atoms with Gasteiger partial charge in [0.1, 0.15) is 11.0 Å². The van der Waals surface area contributed by atoms with Crippen molar-refractivity contribution in [2.75, 3.05) is 0 Å². The number of nitrogens with zero attached hydrogens (tertiary/aromatic N) is 4. The zero-order valence-electron chi connectivity index (χ0n) is 43.0. The topological polar surface area (TPSA) is 72.6 Å². The molecule has 0 aliphatic carbocycles. The summed E-state index contributed by atoms with van der Waals surface area (Å²) < 4.78 is 41.4. The molecule has 0 bridgehead atoms. The Bertz CT molecular complexity index is 2920. The lowest BCUT2D eigenvalue weighted by molar-refractivity contribution is 0.00578. The molecule has 0 unspecified atom stereocenters. The van der Waals surface area contributed by atoms with E-state index in [0.717, 1.165) is 70.1 Å². The second-order valence-corrected chi connectivity index (χ2v) is 22.7. The molecule has 10 rings (SSSR count). The van der Waals surface area contributed by atoms with Crippen molar-refractivity contribution in [1.82, 2.24) is 17.9 Å².